The van der Waals surface area contributed by atoms with Gasteiger partial charge in [0.05, 0.1) is 6.10 Å². The Bertz CT molecular complexity index is 651. The molecule has 0 radical (unpaired) electrons. The Hall–Kier alpha value is -2.37. The maximum absolute atomic E-state index is 11.8. The van der Waals surface area contributed by atoms with Crippen molar-refractivity contribution in [1.29, 1.82) is 0 Å². The van der Waals surface area contributed by atoms with E-state index >= 15 is 0 Å². The number of carbonyl (C=O) groups is 1. The Morgan fingerprint density at radius 3 is 2.25 bits per heavy atom. The number of rotatable bonds is 7. The number of carbonyl (C=O) groups excluding carboxylic acids is 1. The van der Waals surface area contributed by atoms with Gasteiger partial charge < -0.3 is 20.6 Å². The number of benzene rings is 2. The van der Waals surface area contributed by atoms with Gasteiger partial charge in [0.15, 0.2) is 0 Å². The molecule has 0 bridgehead atoms. The average molecular weight is 327 g/mol. The fourth-order valence-electron chi connectivity index (χ4n) is 2.37. The minimum atomic E-state index is -0.606. The maximum atomic E-state index is 11.8. The molecule has 1 atom stereocenters. The van der Waals surface area contributed by atoms with E-state index in [1.807, 2.05) is 31.3 Å². The summed E-state index contributed by atoms with van der Waals surface area (Å²) in [6.45, 7) is 1.15. The van der Waals surface area contributed by atoms with E-state index in [1.54, 1.807) is 38.4 Å². The van der Waals surface area contributed by atoms with E-state index in [2.05, 4.69) is 10.6 Å². The highest BCUT2D eigenvalue weighted by Crippen LogP contribution is 2.14. The number of hydrogen-bond acceptors (Lipinski definition) is 4. The van der Waals surface area contributed by atoms with Crippen LogP contribution in [-0.4, -0.2) is 43.6 Å². The SMILES string of the molecule is CNc1ccc(CNCC(O)c2ccc(C(=O)N(C)C)cc2)cc1. The second-order valence-corrected chi connectivity index (χ2v) is 5.92. The lowest BCUT2D eigenvalue weighted by Crippen LogP contribution is -2.22. The molecule has 3 N–H and O–H groups in total. The second-order valence-electron chi connectivity index (χ2n) is 5.92. The standard InChI is InChI=1S/C19H25N3O2/c1-20-17-10-4-14(5-11-17)12-21-13-18(23)15-6-8-16(9-7-15)19(24)22(2)3/h4-11,18,20-21,23H,12-13H2,1-3H3. The van der Waals surface area contributed by atoms with Gasteiger partial charge in [-0.1, -0.05) is 24.3 Å². The summed E-state index contributed by atoms with van der Waals surface area (Å²) in [5.41, 5.74) is 3.65. The van der Waals surface area contributed by atoms with Crippen LogP contribution in [0.25, 0.3) is 0 Å². The largest absolute Gasteiger partial charge is 0.388 e. The van der Waals surface area contributed by atoms with Gasteiger partial charge in [0, 0.05) is 45.5 Å². The van der Waals surface area contributed by atoms with Gasteiger partial charge in [-0.05, 0) is 35.4 Å². The first-order valence-electron chi connectivity index (χ1n) is 7.98. The first-order valence-corrected chi connectivity index (χ1v) is 7.98. The van der Waals surface area contributed by atoms with Gasteiger partial charge in [-0.15, -0.1) is 0 Å². The molecule has 1 amide bonds. The molecule has 0 saturated carbocycles. The summed E-state index contributed by atoms with van der Waals surface area (Å²) in [6.07, 6.45) is -0.606. The summed E-state index contributed by atoms with van der Waals surface area (Å²) in [7, 11) is 5.33. The monoisotopic (exact) mass is 327 g/mol. The number of hydrogen-bond donors (Lipinski definition) is 3. The van der Waals surface area contributed by atoms with Crippen LogP contribution in [0.15, 0.2) is 48.5 Å². The molecule has 0 fully saturated rings. The molecule has 5 heteroatoms. The third kappa shape index (κ3) is 4.81. The van der Waals surface area contributed by atoms with Crippen molar-refractivity contribution in [3.05, 3.63) is 65.2 Å². The molecule has 24 heavy (non-hydrogen) atoms. The lowest BCUT2D eigenvalue weighted by Gasteiger charge is -2.14. The fraction of sp³-hybridized carbons (Fsp3) is 0.316. The highest BCUT2D eigenvalue weighted by molar-refractivity contribution is 5.93. The molecule has 128 valence electrons. The highest BCUT2D eigenvalue weighted by atomic mass is 16.3. The fourth-order valence-corrected chi connectivity index (χ4v) is 2.37. The van der Waals surface area contributed by atoms with Crippen molar-refractivity contribution in [1.82, 2.24) is 10.2 Å². The molecule has 1 unspecified atom stereocenters. The number of nitrogens with zero attached hydrogens (tertiary/aromatic N) is 1. The molecular formula is C19H25N3O2. The van der Waals surface area contributed by atoms with Crippen LogP contribution in [0.5, 0.6) is 0 Å². The highest BCUT2D eigenvalue weighted by Gasteiger charge is 2.10. The lowest BCUT2D eigenvalue weighted by atomic mass is 10.1. The zero-order valence-corrected chi connectivity index (χ0v) is 14.4. The number of nitrogens with one attached hydrogen (secondary N) is 2. The number of aliphatic hydroxyl groups is 1. The normalized spacial score (nSPS) is 11.8. The molecule has 0 aliphatic heterocycles. The molecule has 2 aromatic carbocycles. The summed E-state index contributed by atoms with van der Waals surface area (Å²) in [4.78, 5) is 13.4. The van der Waals surface area contributed by atoms with Crippen LogP contribution in [0.2, 0.25) is 0 Å². The van der Waals surface area contributed by atoms with Gasteiger partial charge in [0.1, 0.15) is 0 Å². The molecule has 0 spiro atoms. The van der Waals surface area contributed by atoms with Crippen molar-refractivity contribution in [3.63, 3.8) is 0 Å². The van der Waals surface area contributed by atoms with E-state index in [9.17, 15) is 9.90 Å². The zero-order chi connectivity index (χ0) is 17.5. The second kappa shape index (κ2) is 8.47. The zero-order valence-electron chi connectivity index (χ0n) is 14.4. The molecule has 5 nitrogen and oxygen atoms in total. The van der Waals surface area contributed by atoms with Crippen molar-refractivity contribution in [2.75, 3.05) is 33.0 Å². The molecule has 0 aromatic heterocycles. The van der Waals surface area contributed by atoms with Crippen molar-refractivity contribution in [2.45, 2.75) is 12.6 Å². The molecule has 0 heterocycles. The summed E-state index contributed by atoms with van der Waals surface area (Å²) < 4.78 is 0. The predicted octanol–water partition coefficient (Wildman–Crippen LogP) is 2.25. The van der Waals surface area contributed by atoms with E-state index in [1.165, 1.54) is 4.90 Å². The summed E-state index contributed by atoms with van der Waals surface area (Å²) in [5, 5.41) is 16.6. The summed E-state index contributed by atoms with van der Waals surface area (Å²) in [6, 6.07) is 15.2. The van der Waals surface area contributed by atoms with Crippen LogP contribution in [0.3, 0.4) is 0 Å². The van der Waals surface area contributed by atoms with Crippen molar-refractivity contribution >= 4 is 11.6 Å². The number of aliphatic hydroxyl groups excluding tert-OH is 1. The van der Waals surface area contributed by atoms with Crippen molar-refractivity contribution in [2.24, 2.45) is 0 Å². The van der Waals surface area contributed by atoms with Crippen LogP contribution in [-0.2, 0) is 6.54 Å². The smallest absolute Gasteiger partial charge is 0.253 e. The van der Waals surface area contributed by atoms with Crippen LogP contribution >= 0.6 is 0 Å². The van der Waals surface area contributed by atoms with Crippen molar-refractivity contribution in [3.8, 4) is 0 Å². The Labute approximate surface area is 143 Å². The maximum Gasteiger partial charge on any atom is 0.253 e. The summed E-state index contributed by atoms with van der Waals surface area (Å²) in [5.74, 6) is -0.0424. The lowest BCUT2D eigenvalue weighted by molar-refractivity contribution is 0.0827. The third-order valence-electron chi connectivity index (χ3n) is 3.86. The van der Waals surface area contributed by atoms with Gasteiger partial charge in [-0.2, -0.15) is 0 Å². The van der Waals surface area contributed by atoms with E-state index < -0.39 is 6.10 Å². The van der Waals surface area contributed by atoms with Crippen LogP contribution < -0.4 is 10.6 Å². The molecule has 2 rings (SSSR count). The topological polar surface area (TPSA) is 64.6 Å². The van der Waals surface area contributed by atoms with Crippen LogP contribution in [0, 0.1) is 0 Å². The van der Waals surface area contributed by atoms with E-state index in [4.69, 9.17) is 0 Å². The third-order valence-corrected chi connectivity index (χ3v) is 3.86. The van der Waals surface area contributed by atoms with Gasteiger partial charge in [-0.3, -0.25) is 4.79 Å². The van der Waals surface area contributed by atoms with Gasteiger partial charge in [0.25, 0.3) is 5.91 Å². The van der Waals surface area contributed by atoms with Gasteiger partial charge in [-0.25, -0.2) is 0 Å². The quantitative estimate of drug-likeness (QED) is 0.730. The van der Waals surface area contributed by atoms with Gasteiger partial charge in [0.2, 0.25) is 0 Å². The molecular weight excluding hydrogens is 302 g/mol. The van der Waals surface area contributed by atoms with Crippen molar-refractivity contribution < 1.29 is 9.90 Å². The first kappa shape index (κ1) is 18.0. The Kier molecular flexibility index (Phi) is 6.35. The van der Waals surface area contributed by atoms with Crippen LogP contribution in [0.1, 0.15) is 27.6 Å². The Morgan fingerprint density at radius 1 is 1.08 bits per heavy atom. The van der Waals surface area contributed by atoms with E-state index in [0.717, 1.165) is 16.8 Å². The minimum absolute atomic E-state index is 0.0424. The summed E-state index contributed by atoms with van der Waals surface area (Å²) >= 11 is 0. The molecule has 0 saturated heterocycles. The molecule has 2 aromatic rings. The Morgan fingerprint density at radius 2 is 1.71 bits per heavy atom. The number of amides is 1. The average Bonchev–Trinajstić information content (AvgIpc) is 2.61. The molecule has 0 aliphatic carbocycles. The Balaban J connectivity index is 1.85. The molecule has 0 aliphatic rings. The van der Waals surface area contributed by atoms with E-state index in [-0.39, 0.29) is 5.91 Å². The number of anilines is 1. The van der Waals surface area contributed by atoms with Crippen LogP contribution in [0.4, 0.5) is 5.69 Å². The van der Waals surface area contributed by atoms with E-state index in [0.29, 0.717) is 18.7 Å². The first-order chi connectivity index (χ1) is 11.5. The minimum Gasteiger partial charge on any atom is -0.388 e. The predicted molar refractivity (Wildman–Crippen MR) is 97.1 cm³/mol. The van der Waals surface area contributed by atoms with Gasteiger partial charge >= 0.3 is 0 Å².